The van der Waals surface area contributed by atoms with E-state index in [9.17, 15) is 9.90 Å². The lowest BCUT2D eigenvalue weighted by Crippen LogP contribution is -2.30. The third kappa shape index (κ3) is 8.41. The third-order valence-corrected chi connectivity index (χ3v) is 7.74. The van der Waals surface area contributed by atoms with Crippen molar-refractivity contribution in [3.63, 3.8) is 0 Å². The number of rotatable bonds is 12. The molecule has 202 valence electrons. The second-order valence-corrected chi connectivity index (χ2v) is 12.1. The van der Waals surface area contributed by atoms with Crippen LogP contribution in [0.2, 0.25) is 0 Å². The summed E-state index contributed by atoms with van der Waals surface area (Å²) < 4.78 is 18.4. The van der Waals surface area contributed by atoms with Crippen LogP contribution in [0.3, 0.4) is 0 Å². The highest BCUT2D eigenvalue weighted by atomic mass is 16.5. The van der Waals surface area contributed by atoms with Crippen molar-refractivity contribution in [1.82, 2.24) is 0 Å². The predicted octanol–water partition coefficient (Wildman–Crippen LogP) is 7.80. The molecule has 0 spiro atoms. The van der Waals surface area contributed by atoms with Crippen molar-refractivity contribution in [2.75, 3.05) is 7.11 Å². The molecule has 0 bridgehead atoms. The van der Waals surface area contributed by atoms with Gasteiger partial charge in [-0.15, -0.1) is 0 Å². The highest BCUT2D eigenvalue weighted by Gasteiger charge is 2.34. The van der Waals surface area contributed by atoms with Gasteiger partial charge in [0, 0.05) is 6.07 Å². The first kappa shape index (κ1) is 27.3. The van der Waals surface area contributed by atoms with E-state index in [0.29, 0.717) is 11.3 Å². The van der Waals surface area contributed by atoms with Gasteiger partial charge >= 0.3 is 5.97 Å². The van der Waals surface area contributed by atoms with Crippen LogP contribution in [-0.2, 0) is 11.2 Å². The summed E-state index contributed by atoms with van der Waals surface area (Å²) in [5.41, 5.74) is 2.68. The van der Waals surface area contributed by atoms with Crippen LogP contribution >= 0.6 is 0 Å². The number of benzene rings is 2. The van der Waals surface area contributed by atoms with Gasteiger partial charge in [0.15, 0.2) is 0 Å². The Morgan fingerprint density at radius 3 is 2.27 bits per heavy atom. The van der Waals surface area contributed by atoms with Crippen LogP contribution in [0.1, 0.15) is 95.6 Å². The van der Waals surface area contributed by atoms with Crippen molar-refractivity contribution in [2.45, 2.75) is 103 Å². The van der Waals surface area contributed by atoms with E-state index in [1.54, 1.807) is 7.11 Å². The fraction of sp³-hybridized carbons (Fsp3) is 0.594. The lowest BCUT2D eigenvalue weighted by atomic mass is 9.89. The molecule has 5 nitrogen and oxygen atoms in total. The molecular weight excluding hydrogens is 464 g/mol. The Morgan fingerprint density at radius 2 is 1.65 bits per heavy atom. The third-order valence-electron chi connectivity index (χ3n) is 7.74. The van der Waals surface area contributed by atoms with E-state index in [1.165, 1.54) is 12.0 Å². The zero-order valence-electron chi connectivity index (χ0n) is 23.0. The predicted molar refractivity (Wildman–Crippen MR) is 147 cm³/mol. The SMILES string of the molecule is COc1ccc(CCCC(C)(C)C)c(OC2CCC(Oc3cccc(C(CC(=O)O)C4CC4)c3)CC2)c1. The normalized spacial score (nSPS) is 20.8. The number of aryl methyl sites for hydroxylation is 1. The number of carbonyl (C=O) groups is 1. The minimum atomic E-state index is -0.727. The van der Waals surface area contributed by atoms with Gasteiger partial charge in [-0.2, -0.15) is 0 Å². The number of hydrogen-bond acceptors (Lipinski definition) is 4. The van der Waals surface area contributed by atoms with Crippen LogP contribution in [0, 0.1) is 11.3 Å². The highest BCUT2D eigenvalue weighted by Crippen LogP contribution is 2.45. The maximum atomic E-state index is 11.4. The molecule has 0 heterocycles. The molecule has 1 N–H and O–H groups in total. The molecule has 2 aromatic rings. The Kier molecular flexibility index (Phi) is 9.04. The summed E-state index contributed by atoms with van der Waals surface area (Å²) in [6.07, 6.45) is 9.89. The van der Waals surface area contributed by atoms with Gasteiger partial charge in [-0.05, 0) is 104 Å². The van der Waals surface area contributed by atoms with Crippen molar-refractivity contribution in [2.24, 2.45) is 11.3 Å². The number of ether oxygens (including phenoxy) is 3. The molecule has 1 atom stereocenters. The molecule has 1 unspecified atom stereocenters. The van der Waals surface area contributed by atoms with Crippen LogP contribution in [-0.4, -0.2) is 30.4 Å². The number of methoxy groups -OCH3 is 1. The van der Waals surface area contributed by atoms with Gasteiger partial charge < -0.3 is 19.3 Å². The largest absolute Gasteiger partial charge is 0.497 e. The monoisotopic (exact) mass is 508 g/mol. The van der Waals surface area contributed by atoms with Crippen molar-refractivity contribution in [3.8, 4) is 17.2 Å². The number of carboxylic acids is 1. The van der Waals surface area contributed by atoms with Gasteiger partial charge in [0.05, 0.1) is 25.7 Å². The van der Waals surface area contributed by atoms with E-state index in [1.807, 2.05) is 24.3 Å². The molecule has 37 heavy (non-hydrogen) atoms. The highest BCUT2D eigenvalue weighted by molar-refractivity contribution is 5.68. The maximum absolute atomic E-state index is 11.4. The van der Waals surface area contributed by atoms with Gasteiger partial charge in [0.1, 0.15) is 17.2 Å². The van der Waals surface area contributed by atoms with Crippen molar-refractivity contribution in [1.29, 1.82) is 0 Å². The van der Waals surface area contributed by atoms with Gasteiger partial charge in [-0.1, -0.05) is 39.0 Å². The van der Waals surface area contributed by atoms with Crippen LogP contribution < -0.4 is 14.2 Å². The zero-order valence-corrected chi connectivity index (χ0v) is 23.0. The summed E-state index contributed by atoms with van der Waals surface area (Å²) >= 11 is 0. The minimum Gasteiger partial charge on any atom is -0.497 e. The van der Waals surface area contributed by atoms with Gasteiger partial charge in [-0.3, -0.25) is 4.79 Å². The average molecular weight is 509 g/mol. The van der Waals surface area contributed by atoms with Gasteiger partial charge in [0.2, 0.25) is 0 Å². The molecule has 0 saturated heterocycles. The van der Waals surface area contributed by atoms with E-state index in [4.69, 9.17) is 14.2 Å². The summed E-state index contributed by atoms with van der Waals surface area (Å²) in [6, 6.07) is 14.3. The molecule has 0 aromatic heterocycles. The van der Waals surface area contributed by atoms with Crippen LogP contribution in [0.5, 0.6) is 17.2 Å². The summed E-state index contributed by atoms with van der Waals surface area (Å²) in [5.74, 6) is 2.50. The zero-order chi connectivity index (χ0) is 26.4. The van der Waals surface area contributed by atoms with Crippen LogP contribution in [0.15, 0.2) is 42.5 Å². The second-order valence-electron chi connectivity index (χ2n) is 12.1. The van der Waals surface area contributed by atoms with Gasteiger partial charge in [-0.25, -0.2) is 0 Å². The summed E-state index contributed by atoms with van der Waals surface area (Å²) in [6.45, 7) is 6.87. The minimum absolute atomic E-state index is 0.0886. The molecule has 2 saturated carbocycles. The Balaban J connectivity index is 1.32. The first-order valence-corrected chi connectivity index (χ1v) is 14.0. The summed E-state index contributed by atoms with van der Waals surface area (Å²) in [7, 11) is 1.70. The smallest absolute Gasteiger partial charge is 0.303 e. The van der Waals surface area contributed by atoms with Crippen molar-refractivity contribution < 1.29 is 24.1 Å². The van der Waals surface area contributed by atoms with Crippen molar-refractivity contribution >= 4 is 5.97 Å². The molecule has 0 aliphatic heterocycles. The number of carboxylic acid groups (broad SMARTS) is 1. The van der Waals surface area contributed by atoms with Crippen molar-refractivity contribution in [3.05, 3.63) is 53.6 Å². The Morgan fingerprint density at radius 1 is 0.946 bits per heavy atom. The fourth-order valence-corrected chi connectivity index (χ4v) is 5.49. The Hall–Kier alpha value is -2.69. The molecule has 0 amide bonds. The van der Waals surface area contributed by atoms with E-state index < -0.39 is 5.97 Å². The standard InChI is InChI=1S/C32H44O5/c1-32(2,3)18-6-8-23-12-13-27(35-4)20-30(23)37-26-16-14-25(15-17-26)36-28-9-5-7-24(19-28)29(21-31(33)34)22-10-11-22/h5,7,9,12-13,19-20,22,25-26,29H,6,8,10-11,14-18,21H2,1-4H3,(H,33,34). The van der Waals surface area contributed by atoms with E-state index in [-0.39, 0.29) is 24.5 Å². The first-order valence-electron chi connectivity index (χ1n) is 14.0. The Labute approximate surface area is 222 Å². The number of aliphatic carboxylic acids is 1. The van der Waals surface area contributed by atoms with E-state index >= 15 is 0 Å². The quantitative estimate of drug-likeness (QED) is 0.317. The van der Waals surface area contributed by atoms with E-state index in [0.717, 1.165) is 74.2 Å². The average Bonchev–Trinajstić information content (AvgIpc) is 3.69. The number of hydrogen-bond donors (Lipinski definition) is 1. The lowest BCUT2D eigenvalue weighted by Gasteiger charge is -2.30. The van der Waals surface area contributed by atoms with E-state index in [2.05, 4.69) is 39.0 Å². The summed E-state index contributed by atoms with van der Waals surface area (Å²) in [5, 5.41) is 9.35. The molecule has 2 aliphatic rings. The lowest BCUT2D eigenvalue weighted by molar-refractivity contribution is -0.137. The van der Waals surface area contributed by atoms with Crippen LogP contribution in [0.25, 0.3) is 0 Å². The first-order chi connectivity index (χ1) is 17.7. The second kappa shape index (κ2) is 12.2. The molecular formula is C32H44O5. The molecule has 4 rings (SSSR count). The Bertz CT molecular complexity index is 1030. The maximum Gasteiger partial charge on any atom is 0.303 e. The molecule has 0 radical (unpaired) electrons. The molecule has 5 heteroatoms. The van der Waals surface area contributed by atoms with Gasteiger partial charge in [0.25, 0.3) is 0 Å². The molecule has 2 aliphatic carbocycles. The topological polar surface area (TPSA) is 65.0 Å². The molecule has 2 fully saturated rings. The molecule has 2 aromatic carbocycles. The van der Waals surface area contributed by atoms with Crippen LogP contribution in [0.4, 0.5) is 0 Å². The fourth-order valence-electron chi connectivity index (χ4n) is 5.49. The summed E-state index contributed by atoms with van der Waals surface area (Å²) in [4.78, 5) is 11.4.